The first kappa shape index (κ1) is 11.6. The van der Waals surface area contributed by atoms with Gasteiger partial charge in [0.15, 0.2) is 0 Å². The summed E-state index contributed by atoms with van der Waals surface area (Å²) in [5.74, 6) is 0.110. The summed E-state index contributed by atoms with van der Waals surface area (Å²) in [5.41, 5.74) is 7.16. The molecule has 1 aliphatic rings. The summed E-state index contributed by atoms with van der Waals surface area (Å²) in [6.45, 7) is 3.62. The normalized spacial score (nSPS) is 17.0. The molecule has 2 heterocycles. The van der Waals surface area contributed by atoms with Gasteiger partial charge in [0.05, 0.1) is 6.04 Å². The lowest BCUT2D eigenvalue weighted by atomic mass is 10.1. The first-order valence-corrected chi connectivity index (χ1v) is 6.70. The van der Waals surface area contributed by atoms with Crippen LogP contribution in [0.1, 0.15) is 30.2 Å². The third kappa shape index (κ3) is 2.28. The van der Waals surface area contributed by atoms with E-state index in [1.807, 2.05) is 4.90 Å². The van der Waals surface area contributed by atoms with Crippen molar-refractivity contribution in [3.8, 4) is 0 Å². The van der Waals surface area contributed by atoms with E-state index in [4.69, 9.17) is 5.73 Å². The van der Waals surface area contributed by atoms with Gasteiger partial charge in [-0.3, -0.25) is 4.79 Å². The first-order valence-electron chi connectivity index (χ1n) is 5.82. The average molecular weight is 238 g/mol. The van der Waals surface area contributed by atoms with Gasteiger partial charge >= 0.3 is 0 Å². The van der Waals surface area contributed by atoms with E-state index < -0.39 is 0 Å². The fourth-order valence-electron chi connectivity index (χ4n) is 2.11. The van der Waals surface area contributed by atoms with Gasteiger partial charge in [0.1, 0.15) is 0 Å². The number of carbonyl (C=O) groups excluding carboxylic acids is 1. The highest BCUT2D eigenvalue weighted by Crippen LogP contribution is 2.24. The molecule has 0 aliphatic carbocycles. The van der Waals surface area contributed by atoms with Crippen LogP contribution in [0, 0.1) is 0 Å². The number of nitrogens with zero attached hydrogens (tertiary/aromatic N) is 1. The molecule has 2 N–H and O–H groups in total. The molecule has 1 amide bonds. The van der Waals surface area contributed by atoms with Crippen molar-refractivity contribution < 1.29 is 4.79 Å². The highest BCUT2D eigenvalue weighted by Gasteiger charge is 2.24. The summed E-state index contributed by atoms with van der Waals surface area (Å²) in [6.07, 6.45) is 2.73. The van der Waals surface area contributed by atoms with Crippen molar-refractivity contribution in [2.75, 3.05) is 6.54 Å². The largest absolute Gasteiger partial charge is 0.337 e. The molecular formula is C12H18N2OS. The highest BCUT2D eigenvalue weighted by atomic mass is 32.1. The van der Waals surface area contributed by atoms with E-state index in [2.05, 4.69) is 18.4 Å². The van der Waals surface area contributed by atoms with Crippen LogP contribution in [-0.4, -0.2) is 23.4 Å². The van der Waals surface area contributed by atoms with Crippen LogP contribution in [0.25, 0.3) is 0 Å². The molecule has 88 valence electrons. The summed E-state index contributed by atoms with van der Waals surface area (Å²) in [5, 5.41) is 2.10. The van der Waals surface area contributed by atoms with Crippen LogP contribution < -0.4 is 5.73 Å². The summed E-state index contributed by atoms with van der Waals surface area (Å²) < 4.78 is 0. The van der Waals surface area contributed by atoms with E-state index in [1.165, 1.54) is 10.4 Å². The Morgan fingerprint density at radius 2 is 2.50 bits per heavy atom. The zero-order valence-electron chi connectivity index (χ0n) is 9.61. The number of hydrogen-bond acceptors (Lipinski definition) is 3. The Kier molecular flexibility index (Phi) is 3.61. The summed E-state index contributed by atoms with van der Waals surface area (Å²) in [7, 11) is 0. The van der Waals surface area contributed by atoms with E-state index in [0.717, 1.165) is 32.4 Å². The Balaban J connectivity index is 2.00. The first-order chi connectivity index (χ1) is 7.72. The zero-order chi connectivity index (χ0) is 11.5. The molecule has 16 heavy (non-hydrogen) atoms. The third-order valence-corrected chi connectivity index (χ3v) is 4.06. The summed E-state index contributed by atoms with van der Waals surface area (Å²) in [4.78, 5) is 15.3. The van der Waals surface area contributed by atoms with E-state index in [1.54, 1.807) is 11.3 Å². The van der Waals surface area contributed by atoms with Crippen LogP contribution in [0.4, 0.5) is 0 Å². The van der Waals surface area contributed by atoms with Crippen molar-refractivity contribution in [3.05, 3.63) is 21.9 Å². The molecule has 0 spiro atoms. The SMILES string of the molecule is CCC[C@H](N)C(=O)N1CCc2sccc2C1. The molecule has 0 saturated carbocycles. The van der Waals surface area contributed by atoms with Gasteiger partial charge in [0.25, 0.3) is 0 Å². The topological polar surface area (TPSA) is 46.3 Å². The molecule has 0 radical (unpaired) electrons. The highest BCUT2D eigenvalue weighted by molar-refractivity contribution is 7.10. The Hall–Kier alpha value is -0.870. The van der Waals surface area contributed by atoms with Crippen LogP contribution in [-0.2, 0) is 17.8 Å². The number of fused-ring (bicyclic) bond motifs is 1. The van der Waals surface area contributed by atoms with E-state index in [-0.39, 0.29) is 11.9 Å². The van der Waals surface area contributed by atoms with E-state index >= 15 is 0 Å². The summed E-state index contributed by atoms with van der Waals surface area (Å²) >= 11 is 1.79. The predicted octanol–water partition coefficient (Wildman–Crippen LogP) is 1.76. The maximum atomic E-state index is 12.0. The number of hydrogen-bond donors (Lipinski definition) is 1. The maximum Gasteiger partial charge on any atom is 0.239 e. The second-order valence-electron chi connectivity index (χ2n) is 4.27. The lowest BCUT2D eigenvalue weighted by Gasteiger charge is -2.29. The van der Waals surface area contributed by atoms with Crippen LogP contribution in [0.15, 0.2) is 11.4 Å². The van der Waals surface area contributed by atoms with Gasteiger partial charge in [-0.2, -0.15) is 0 Å². The minimum Gasteiger partial charge on any atom is -0.337 e. The Labute approximate surface area is 100 Å². The monoisotopic (exact) mass is 238 g/mol. The molecule has 0 unspecified atom stereocenters. The molecule has 0 aromatic carbocycles. The van der Waals surface area contributed by atoms with Gasteiger partial charge in [-0.1, -0.05) is 13.3 Å². The summed E-state index contributed by atoms with van der Waals surface area (Å²) in [6, 6.07) is 1.80. The van der Waals surface area contributed by atoms with Gasteiger partial charge in [-0.15, -0.1) is 11.3 Å². The third-order valence-electron chi connectivity index (χ3n) is 3.04. The fourth-order valence-corrected chi connectivity index (χ4v) is 3.00. The minimum atomic E-state index is -0.315. The number of carbonyl (C=O) groups is 1. The molecule has 1 aromatic rings. The fraction of sp³-hybridized carbons (Fsp3) is 0.583. The second kappa shape index (κ2) is 4.97. The van der Waals surface area contributed by atoms with Crippen LogP contribution >= 0.6 is 11.3 Å². The molecule has 2 rings (SSSR count). The van der Waals surface area contributed by atoms with Crippen LogP contribution in [0.5, 0.6) is 0 Å². The van der Waals surface area contributed by atoms with Crippen molar-refractivity contribution in [2.45, 2.75) is 38.8 Å². The number of rotatable bonds is 3. The van der Waals surface area contributed by atoms with Crippen molar-refractivity contribution in [1.29, 1.82) is 0 Å². The molecule has 1 aromatic heterocycles. The minimum absolute atomic E-state index is 0.110. The van der Waals surface area contributed by atoms with Crippen molar-refractivity contribution in [1.82, 2.24) is 4.90 Å². The maximum absolute atomic E-state index is 12.0. The van der Waals surface area contributed by atoms with Crippen LogP contribution in [0.2, 0.25) is 0 Å². The number of thiophene rings is 1. The molecule has 1 aliphatic heterocycles. The molecule has 0 saturated heterocycles. The Bertz CT molecular complexity index is 375. The number of nitrogens with two attached hydrogens (primary N) is 1. The molecule has 1 atom stereocenters. The average Bonchev–Trinajstić information content (AvgIpc) is 2.75. The zero-order valence-corrected chi connectivity index (χ0v) is 10.4. The van der Waals surface area contributed by atoms with Gasteiger partial charge in [0.2, 0.25) is 5.91 Å². The van der Waals surface area contributed by atoms with Crippen molar-refractivity contribution in [2.24, 2.45) is 5.73 Å². The van der Waals surface area contributed by atoms with Crippen molar-refractivity contribution in [3.63, 3.8) is 0 Å². The van der Waals surface area contributed by atoms with Crippen molar-refractivity contribution >= 4 is 17.2 Å². The Morgan fingerprint density at radius 3 is 3.25 bits per heavy atom. The smallest absolute Gasteiger partial charge is 0.239 e. The van der Waals surface area contributed by atoms with E-state index in [9.17, 15) is 4.79 Å². The standard InChI is InChI=1S/C12H18N2OS/c1-2-3-10(13)12(15)14-6-4-11-9(8-14)5-7-16-11/h5,7,10H,2-4,6,8,13H2,1H3/t10-/m0/s1. The van der Waals surface area contributed by atoms with E-state index in [0.29, 0.717) is 0 Å². The van der Waals surface area contributed by atoms with Gasteiger partial charge in [-0.05, 0) is 29.9 Å². The number of amides is 1. The molecule has 0 bridgehead atoms. The lowest BCUT2D eigenvalue weighted by Crippen LogP contribution is -2.45. The molecule has 0 fully saturated rings. The Morgan fingerprint density at radius 1 is 1.69 bits per heavy atom. The van der Waals surface area contributed by atoms with Crippen LogP contribution in [0.3, 0.4) is 0 Å². The molecule has 3 nitrogen and oxygen atoms in total. The van der Waals surface area contributed by atoms with Gasteiger partial charge in [-0.25, -0.2) is 0 Å². The van der Waals surface area contributed by atoms with Gasteiger partial charge < -0.3 is 10.6 Å². The van der Waals surface area contributed by atoms with Gasteiger partial charge in [0, 0.05) is 18.0 Å². The molecule has 4 heteroatoms. The molecular weight excluding hydrogens is 220 g/mol. The second-order valence-corrected chi connectivity index (χ2v) is 5.27. The quantitative estimate of drug-likeness (QED) is 0.872. The lowest BCUT2D eigenvalue weighted by molar-refractivity contribution is -0.133. The predicted molar refractivity (Wildman–Crippen MR) is 66.3 cm³/mol.